The predicted octanol–water partition coefficient (Wildman–Crippen LogP) is 3.51. The number of ether oxygens (including phenoxy) is 3. The summed E-state index contributed by atoms with van der Waals surface area (Å²) in [6.45, 7) is 3.88. The van der Waals surface area contributed by atoms with Crippen molar-refractivity contribution in [1.29, 1.82) is 0 Å². The van der Waals surface area contributed by atoms with E-state index in [9.17, 15) is 9.59 Å². The summed E-state index contributed by atoms with van der Waals surface area (Å²) in [6, 6.07) is 6.73. The second-order valence-corrected chi connectivity index (χ2v) is 6.39. The van der Waals surface area contributed by atoms with Gasteiger partial charge in [-0.25, -0.2) is 10.2 Å². The van der Waals surface area contributed by atoms with Crippen molar-refractivity contribution in [3.63, 3.8) is 0 Å². The Hall–Kier alpha value is -2.58. The van der Waals surface area contributed by atoms with Gasteiger partial charge in [0.1, 0.15) is 0 Å². The third kappa shape index (κ3) is 6.26. The van der Waals surface area contributed by atoms with Crippen LogP contribution in [-0.2, 0) is 9.53 Å². The summed E-state index contributed by atoms with van der Waals surface area (Å²) in [4.78, 5) is 23.9. The van der Waals surface area contributed by atoms with Crippen molar-refractivity contribution < 1.29 is 23.8 Å². The minimum atomic E-state index is -0.502. The van der Waals surface area contributed by atoms with Crippen LogP contribution in [0, 0.1) is 0 Å². The fraction of sp³-hybridized carbons (Fsp3) is 0.278. The number of nitrogens with zero attached hydrogens (tertiary/aromatic N) is 1. The Morgan fingerprint density at radius 3 is 2.74 bits per heavy atom. The van der Waals surface area contributed by atoms with Crippen molar-refractivity contribution in [1.82, 2.24) is 5.43 Å². The van der Waals surface area contributed by atoms with Gasteiger partial charge in [-0.2, -0.15) is 5.10 Å². The molecule has 0 saturated heterocycles. The molecule has 0 unspecified atom stereocenters. The van der Waals surface area contributed by atoms with Crippen LogP contribution in [0.1, 0.15) is 29.1 Å². The molecule has 1 aromatic heterocycles. The van der Waals surface area contributed by atoms with Crippen LogP contribution in [0.5, 0.6) is 11.5 Å². The summed E-state index contributed by atoms with van der Waals surface area (Å²) in [6.07, 6.45) is 1.44. The van der Waals surface area contributed by atoms with E-state index in [0.717, 1.165) is 0 Å². The Balaban J connectivity index is 2.10. The van der Waals surface area contributed by atoms with Crippen LogP contribution >= 0.6 is 22.9 Å². The quantitative estimate of drug-likeness (QED) is 0.388. The van der Waals surface area contributed by atoms with Gasteiger partial charge in [0.05, 0.1) is 29.3 Å². The summed E-state index contributed by atoms with van der Waals surface area (Å²) in [5.41, 5.74) is 3.03. The standard InChI is InChI=1S/C18H19ClN2O5S/c1-3-24-14-9-12(10-20-21-18(23)15-6-5-7-27-15)8-13(19)17(14)26-11-16(22)25-4-2/h5-10H,3-4,11H2,1-2H3,(H,21,23)/b20-10+. The molecule has 0 fully saturated rings. The Labute approximate surface area is 165 Å². The second kappa shape index (κ2) is 10.5. The largest absolute Gasteiger partial charge is 0.490 e. The maximum absolute atomic E-state index is 11.9. The molecule has 0 aliphatic heterocycles. The number of amides is 1. The number of carbonyl (C=O) groups excluding carboxylic acids is 2. The number of hydrogen-bond donors (Lipinski definition) is 1. The lowest BCUT2D eigenvalue weighted by atomic mass is 10.2. The van der Waals surface area contributed by atoms with Gasteiger partial charge < -0.3 is 14.2 Å². The van der Waals surface area contributed by atoms with Crippen LogP contribution in [0.3, 0.4) is 0 Å². The van der Waals surface area contributed by atoms with Gasteiger partial charge in [0, 0.05) is 0 Å². The van der Waals surface area contributed by atoms with Crippen molar-refractivity contribution in [2.24, 2.45) is 5.10 Å². The van der Waals surface area contributed by atoms with Gasteiger partial charge in [-0.15, -0.1) is 11.3 Å². The van der Waals surface area contributed by atoms with E-state index in [1.165, 1.54) is 17.6 Å². The average molecular weight is 411 g/mol. The van der Waals surface area contributed by atoms with Crippen molar-refractivity contribution in [2.75, 3.05) is 19.8 Å². The monoisotopic (exact) mass is 410 g/mol. The van der Waals surface area contributed by atoms with Gasteiger partial charge in [-0.05, 0) is 43.0 Å². The van der Waals surface area contributed by atoms with Gasteiger partial charge in [0.15, 0.2) is 18.1 Å². The molecule has 27 heavy (non-hydrogen) atoms. The summed E-state index contributed by atoms with van der Waals surface area (Å²) in [7, 11) is 0. The number of halogens is 1. The zero-order chi connectivity index (χ0) is 19.6. The molecule has 0 atom stereocenters. The first-order valence-electron chi connectivity index (χ1n) is 8.16. The van der Waals surface area contributed by atoms with Crippen molar-refractivity contribution in [3.8, 4) is 11.5 Å². The Kier molecular flexibility index (Phi) is 8.09. The highest BCUT2D eigenvalue weighted by Gasteiger charge is 2.14. The van der Waals surface area contributed by atoms with Gasteiger partial charge in [0.25, 0.3) is 5.91 Å². The lowest BCUT2D eigenvalue weighted by Crippen LogP contribution is -2.16. The topological polar surface area (TPSA) is 86.2 Å². The summed E-state index contributed by atoms with van der Waals surface area (Å²) in [5, 5.41) is 5.97. The number of esters is 1. The molecule has 0 spiro atoms. The third-order valence-electron chi connectivity index (χ3n) is 3.10. The first kappa shape index (κ1) is 20.7. The molecule has 0 aliphatic rings. The molecular formula is C18H19ClN2O5S. The molecule has 0 radical (unpaired) electrons. The summed E-state index contributed by atoms with van der Waals surface area (Å²) < 4.78 is 15.8. The van der Waals surface area contributed by atoms with Gasteiger partial charge in [-0.3, -0.25) is 4.79 Å². The van der Waals surface area contributed by atoms with Crippen LogP contribution in [0.15, 0.2) is 34.7 Å². The predicted molar refractivity (Wildman–Crippen MR) is 104 cm³/mol. The number of thiophene rings is 1. The maximum Gasteiger partial charge on any atom is 0.344 e. The highest BCUT2D eigenvalue weighted by Crippen LogP contribution is 2.36. The molecular weight excluding hydrogens is 392 g/mol. The SMILES string of the molecule is CCOC(=O)COc1c(Cl)cc(/C=N/NC(=O)c2cccs2)cc1OCC. The zero-order valence-corrected chi connectivity index (χ0v) is 16.4. The molecule has 144 valence electrons. The van der Waals surface area contributed by atoms with Crippen molar-refractivity contribution in [3.05, 3.63) is 45.1 Å². The minimum Gasteiger partial charge on any atom is -0.490 e. The van der Waals surface area contributed by atoms with Crippen LogP contribution in [0.25, 0.3) is 0 Å². The first-order chi connectivity index (χ1) is 13.0. The maximum atomic E-state index is 11.9. The smallest absolute Gasteiger partial charge is 0.344 e. The van der Waals surface area contributed by atoms with E-state index in [1.54, 1.807) is 31.2 Å². The third-order valence-corrected chi connectivity index (χ3v) is 4.25. The summed E-state index contributed by atoms with van der Waals surface area (Å²) >= 11 is 7.57. The lowest BCUT2D eigenvalue weighted by molar-refractivity contribution is -0.145. The average Bonchev–Trinajstić information content (AvgIpc) is 3.16. The number of benzene rings is 1. The fourth-order valence-electron chi connectivity index (χ4n) is 2.03. The number of nitrogens with one attached hydrogen (secondary N) is 1. The second-order valence-electron chi connectivity index (χ2n) is 5.03. The van der Waals surface area contributed by atoms with Crippen LogP contribution in [0.2, 0.25) is 5.02 Å². The van der Waals surface area contributed by atoms with Crippen molar-refractivity contribution in [2.45, 2.75) is 13.8 Å². The lowest BCUT2D eigenvalue weighted by Gasteiger charge is -2.14. The van der Waals surface area contributed by atoms with E-state index in [2.05, 4.69) is 10.5 Å². The fourth-order valence-corrected chi connectivity index (χ4v) is 2.91. The van der Waals surface area contributed by atoms with E-state index in [1.807, 2.05) is 12.3 Å². The molecule has 2 aromatic rings. The van der Waals surface area contributed by atoms with Crippen LogP contribution in [-0.4, -0.2) is 37.9 Å². The van der Waals surface area contributed by atoms with Gasteiger partial charge >= 0.3 is 5.97 Å². The van der Waals surface area contributed by atoms with Gasteiger partial charge in [0.2, 0.25) is 0 Å². The van der Waals surface area contributed by atoms with E-state index < -0.39 is 5.97 Å². The molecule has 2 rings (SSSR count). The van der Waals surface area contributed by atoms with Crippen LogP contribution < -0.4 is 14.9 Å². The van der Waals surface area contributed by atoms with E-state index >= 15 is 0 Å². The summed E-state index contributed by atoms with van der Waals surface area (Å²) in [5.74, 6) is -0.198. The molecule has 1 amide bonds. The van der Waals surface area contributed by atoms with Crippen LogP contribution in [0.4, 0.5) is 0 Å². The minimum absolute atomic E-state index is 0.242. The highest BCUT2D eigenvalue weighted by atomic mass is 35.5. The molecule has 1 heterocycles. The number of hydrazone groups is 1. The van der Waals surface area contributed by atoms with E-state index in [-0.39, 0.29) is 29.9 Å². The number of carbonyl (C=O) groups is 2. The molecule has 1 N–H and O–H groups in total. The number of rotatable bonds is 9. The highest BCUT2D eigenvalue weighted by molar-refractivity contribution is 7.12. The Morgan fingerprint density at radius 2 is 2.07 bits per heavy atom. The molecule has 0 saturated carbocycles. The zero-order valence-electron chi connectivity index (χ0n) is 14.9. The van der Waals surface area contributed by atoms with Gasteiger partial charge in [-0.1, -0.05) is 17.7 Å². The van der Waals surface area contributed by atoms with E-state index in [0.29, 0.717) is 22.8 Å². The Bertz CT molecular complexity index is 808. The van der Waals surface area contributed by atoms with E-state index in [4.69, 9.17) is 25.8 Å². The first-order valence-corrected chi connectivity index (χ1v) is 9.42. The molecule has 1 aromatic carbocycles. The molecule has 0 bridgehead atoms. The normalized spacial score (nSPS) is 10.6. The number of hydrogen-bond acceptors (Lipinski definition) is 7. The molecule has 9 heteroatoms. The molecule has 7 nitrogen and oxygen atoms in total. The molecule has 0 aliphatic carbocycles. The van der Waals surface area contributed by atoms with Crippen molar-refractivity contribution >= 4 is 41.0 Å². The Morgan fingerprint density at radius 1 is 1.26 bits per heavy atom.